The fourth-order valence-corrected chi connectivity index (χ4v) is 2.48. The van der Waals surface area contributed by atoms with E-state index in [1.54, 1.807) is 4.68 Å². The standard InChI is InChI=1S/C17H16N6O/c1-3-22-12(2)15(11-19-22)17(24)21-16-13(9-18)10-20-23(16)14-7-5-4-6-8-14/h4-8,10-11H,3H2,1-2H3,(H,21,24). The van der Waals surface area contributed by atoms with E-state index in [1.165, 1.54) is 17.1 Å². The highest BCUT2D eigenvalue weighted by Crippen LogP contribution is 2.21. The topological polar surface area (TPSA) is 88.5 Å². The van der Waals surface area contributed by atoms with E-state index in [0.29, 0.717) is 23.5 Å². The van der Waals surface area contributed by atoms with Crippen molar-refractivity contribution >= 4 is 11.7 Å². The normalized spacial score (nSPS) is 10.4. The molecule has 0 spiro atoms. The third-order valence-electron chi connectivity index (χ3n) is 3.77. The maximum atomic E-state index is 12.6. The van der Waals surface area contributed by atoms with Crippen LogP contribution in [0.1, 0.15) is 28.5 Å². The molecule has 0 aliphatic rings. The number of nitrogens with zero attached hydrogens (tertiary/aromatic N) is 5. The number of carbonyl (C=O) groups excluding carboxylic acids is 1. The van der Waals surface area contributed by atoms with Crippen molar-refractivity contribution in [1.82, 2.24) is 19.6 Å². The summed E-state index contributed by atoms with van der Waals surface area (Å²) in [6, 6.07) is 11.4. The van der Waals surface area contributed by atoms with Gasteiger partial charge in [0.2, 0.25) is 0 Å². The Morgan fingerprint density at radius 2 is 2.00 bits per heavy atom. The van der Waals surface area contributed by atoms with Gasteiger partial charge in [-0.1, -0.05) is 18.2 Å². The summed E-state index contributed by atoms with van der Waals surface area (Å²) in [5.41, 5.74) is 2.31. The Morgan fingerprint density at radius 1 is 1.25 bits per heavy atom. The lowest BCUT2D eigenvalue weighted by atomic mass is 10.2. The molecule has 0 saturated carbocycles. The number of nitriles is 1. The summed E-state index contributed by atoms with van der Waals surface area (Å²) < 4.78 is 3.28. The van der Waals surface area contributed by atoms with Gasteiger partial charge in [-0.25, -0.2) is 4.68 Å². The quantitative estimate of drug-likeness (QED) is 0.800. The monoisotopic (exact) mass is 320 g/mol. The van der Waals surface area contributed by atoms with E-state index in [-0.39, 0.29) is 5.91 Å². The number of rotatable bonds is 4. The average Bonchev–Trinajstić information content (AvgIpc) is 3.18. The molecule has 1 aromatic carbocycles. The van der Waals surface area contributed by atoms with Gasteiger partial charge in [-0.2, -0.15) is 15.5 Å². The minimum Gasteiger partial charge on any atom is -0.305 e. The largest absolute Gasteiger partial charge is 0.305 e. The molecule has 120 valence electrons. The minimum atomic E-state index is -0.318. The Balaban J connectivity index is 1.98. The molecule has 7 heteroatoms. The van der Waals surface area contributed by atoms with E-state index >= 15 is 0 Å². The van der Waals surface area contributed by atoms with Crippen LogP contribution in [0.15, 0.2) is 42.7 Å². The second-order valence-electron chi connectivity index (χ2n) is 5.18. The Kier molecular flexibility index (Phi) is 4.12. The average molecular weight is 320 g/mol. The Hall–Kier alpha value is -3.40. The van der Waals surface area contributed by atoms with Gasteiger partial charge in [-0.05, 0) is 26.0 Å². The lowest BCUT2D eigenvalue weighted by Gasteiger charge is -2.09. The fourth-order valence-electron chi connectivity index (χ4n) is 2.48. The molecule has 0 saturated heterocycles. The number of nitrogens with one attached hydrogen (secondary N) is 1. The van der Waals surface area contributed by atoms with Gasteiger partial charge in [-0.15, -0.1) is 0 Å². The van der Waals surface area contributed by atoms with Crippen LogP contribution in [0.5, 0.6) is 0 Å². The van der Waals surface area contributed by atoms with Crippen LogP contribution < -0.4 is 5.32 Å². The summed E-state index contributed by atoms with van der Waals surface area (Å²) in [6.45, 7) is 4.48. The highest BCUT2D eigenvalue weighted by molar-refractivity contribution is 6.05. The molecule has 0 unspecified atom stereocenters. The molecular weight excluding hydrogens is 304 g/mol. The van der Waals surface area contributed by atoms with Gasteiger partial charge in [0, 0.05) is 12.2 Å². The molecule has 0 aliphatic carbocycles. The smallest absolute Gasteiger partial charge is 0.260 e. The van der Waals surface area contributed by atoms with E-state index in [1.807, 2.05) is 44.2 Å². The van der Waals surface area contributed by atoms with Gasteiger partial charge in [0.25, 0.3) is 5.91 Å². The van der Waals surface area contributed by atoms with Gasteiger partial charge >= 0.3 is 0 Å². The van der Waals surface area contributed by atoms with Crippen LogP contribution in [-0.4, -0.2) is 25.5 Å². The number of carbonyl (C=O) groups is 1. The van der Waals surface area contributed by atoms with Crippen molar-refractivity contribution < 1.29 is 4.79 Å². The molecule has 2 heterocycles. The molecule has 24 heavy (non-hydrogen) atoms. The lowest BCUT2D eigenvalue weighted by Crippen LogP contribution is -2.17. The zero-order chi connectivity index (χ0) is 17.1. The highest BCUT2D eigenvalue weighted by Gasteiger charge is 2.19. The van der Waals surface area contributed by atoms with Crippen LogP contribution in [0.3, 0.4) is 0 Å². The van der Waals surface area contributed by atoms with E-state index in [9.17, 15) is 10.1 Å². The molecule has 0 bridgehead atoms. The van der Waals surface area contributed by atoms with Crippen molar-refractivity contribution in [2.45, 2.75) is 20.4 Å². The highest BCUT2D eigenvalue weighted by atomic mass is 16.1. The van der Waals surface area contributed by atoms with Crippen LogP contribution in [-0.2, 0) is 6.54 Å². The first-order chi connectivity index (χ1) is 11.7. The van der Waals surface area contributed by atoms with Crippen LogP contribution in [0.25, 0.3) is 5.69 Å². The molecule has 0 atom stereocenters. The summed E-state index contributed by atoms with van der Waals surface area (Å²) in [5, 5.41) is 20.5. The second kappa shape index (κ2) is 6.38. The van der Waals surface area contributed by atoms with Crippen LogP contribution >= 0.6 is 0 Å². The first kappa shape index (κ1) is 15.5. The maximum Gasteiger partial charge on any atom is 0.260 e. The molecule has 3 aromatic rings. The molecule has 2 aromatic heterocycles. The number of para-hydroxylation sites is 1. The Bertz CT molecular complexity index is 916. The number of aryl methyl sites for hydroxylation is 1. The maximum absolute atomic E-state index is 12.6. The van der Waals surface area contributed by atoms with E-state index in [2.05, 4.69) is 21.6 Å². The molecule has 0 aliphatic heterocycles. The van der Waals surface area contributed by atoms with Gasteiger partial charge in [0.1, 0.15) is 11.6 Å². The predicted octanol–water partition coefficient (Wildman–Crippen LogP) is 2.52. The summed E-state index contributed by atoms with van der Waals surface area (Å²) in [5.74, 6) is 0.0266. The molecule has 7 nitrogen and oxygen atoms in total. The van der Waals surface area contributed by atoms with Crippen LogP contribution in [0.4, 0.5) is 5.82 Å². The molecule has 1 N–H and O–H groups in total. The van der Waals surface area contributed by atoms with Gasteiger partial charge in [-0.3, -0.25) is 9.48 Å². The van der Waals surface area contributed by atoms with E-state index < -0.39 is 0 Å². The van der Waals surface area contributed by atoms with Crippen LogP contribution in [0.2, 0.25) is 0 Å². The Labute approximate surface area is 139 Å². The minimum absolute atomic E-state index is 0.299. The number of hydrogen-bond donors (Lipinski definition) is 1. The fraction of sp³-hybridized carbons (Fsp3) is 0.176. The number of benzene rings is 1. The molecule has 0 fully saturated rings. The van der Waals surface area contributed by atoms with Crippen molar-refractivity contribution in [2.75, 3.05) is 5.32 Å². The van der Waals surface area contributed by atoms with Gasteiger partial charge in [0.15, 0.2) is 5.82 Å². The van der Waals surface area contributed by atoms with Crippen molar-refractivity contribution in [3.05, 3.63) is 59.5 Å². The third kappa shape index (κ3) is 2.65. The number of aromatic nitrogens is 4. The van der Waals surface area contributed by atoms with E-state index in [0.717, 1.165) is 11.4 Å². The number of amides is 1. The summed E-state index contributed by atoms with van der Waals surface area (Å²) in [4.78, 5) is 12.6. The lowest BCUT2D eigenvalue weighted by molar-refractivity contribution is 0.102. The van der Waals surface area contributed by atoms with Crippen LogP contribution in [0, 0.1) is 18.3 Å². The van der Waals surface area contributed by atoms with Crippen molar-refractivity contribution in [3.63, 3.8) is 0 Å². The van der Waals surface area contributed by atoms with Crippen molar-refractivity contribution in [2.24, 2.45) is 0 Å². The molecule has 0 radical (unpaired) electrons. The Morgan fingerprint density at radius 3 is 2.62 bits per heavy atom. The summed E-state index contributed by atoms with van der Waals surface area (Å²) in [6.07, 6.45) is 2.97. The van der Waals surface area contributed by atoms with E-state index in [4.69, 9.17) is 0 Å². The first-order valence-corrected chi connectivity index (χ1v) is 7.53. The van der Waals surface area contributed by atoms with Gasteiger partial charge < -0.3 is 5.32 Å². The zero-order valence-corrected chi connectivity index (χ0v) is 13.4. The number of anilines is 1. The molecular formula is C17H16N6O. The number of hydrogen-bond acceptors (Lipinski definition) is 4. The zero-order valence-electron chi connectivity index (χ0n) is 13.4. The first-order valence-electron chi connectivity index (χ1n) is 7.53. The summed E-state index contributed by atoms with van der Waals surface area (Å²) >= 11 is 0. The van der Waals surface area contributed by atoms with Crippen molar-refractivity contribution in [3.8, 4) is 11.8 Å². The summed E-state index contributed by atoms with van der Waals surface area (Å²) in [7, 11) is 0. The van der Waals surface area contributed by atoms with Crippen molar-refractivity contribution in [1.29, 1.82) is 5.26 Å². The van der Waals surface area contributed by atoms with Gasteiger partial charge in [0.05, 0.1) is 23.6 Å². The molecule has 1 amide bonds. The molecule has 3 rings (SSSR count). The predicted molar refractivity (Wildman–Crippen MR) is 88.9 cm³/mol. The third-order valence-corrected chi connectivity index (χ3v) is 3.77. The SMILES string of the molecule is CCn1ncc(C(=O)Nc2c(C#N)cnn2-c2ccccc2)c1C. The second-order valence-corrected chi connectivity index (χ2v) is 5.18.